The first-order valence-electron chi connectivity index (χ1n) is 5.68. The van der Waals surface area contributed by atoms with Gasteiger partial charge in [0.2, 0.25) is 0 Å². The molecule has 16 heavy (non-hydrogen) atoms. The quantitative estimate of drug-likeness (QED) is 0.848. The number of anilines is 1. The first-order chi connectivity index (χ1) is 7.59. The molecule has 2 rings (SSSR count). The summed E-state index contributed by atoms with van der Waals surface area (Å²) in [5.74, 6) is -0.0619. The second-order valence-corrected chi connectivity index (χ2v) is 5.17. The molecule has 0 amide bonds. The molecule has 1 fully saturated rings. The average Bonchev–Trinajstić information content (AvgIpc) is 2.23. The van der Waals surface area contributed by atoms with E-state index in [1.807, 2.05) is 0 Å². The molecule has 0 saturated heterocycles. The molecular formula is C12H16ClFN2. The van der Waals surface area contributed by atoms with Crippen molar-refractivity contribution in [3.8, 4) is 0 Å². The Hall–Kier alpha value is -0.830. The Kier molecular flexibility index (Phi) is 3.33. The Labute approximate surface area is 100 Å². The molecule has 0 aliphatic heterocycles. The van der Waals surface area contributed by atoms with E-state index >= 15 is 0 Å². The molecule has 1 aromatic heterocycles. The van der Waals surface area contributed by atoms with E-state index < -0.39 is 0 Å². The maximum atomic E-state index is 13.6. The van der Waals surface area contributed by atoms with Crippen molar-refractivity contribution in [1.82, 2.24) is 4.98 Å². The van der Waals surface area contributed by atoms with Crippen LogP contribution in [0.25, 0.3) is 0 Å². The highest BCUT2D eigenvalue weighted by Crippen LogP contribution is 2.31. The van der Waals surface area contributed by atoms with Crippen molar-refractivity contribution in [1.29, 1.82) is 0 Å². The molecule has 0 spiro atoms. The van der Waals surface area contributed by atoms with Crippen molar-refractivity contribution in [2.75, 3.05) is 5.32 Å². The number of nitrogens with zero attached hydrogens (tertiary/aromatic N) is 1. The van der Waals surface area contributed by atoms with Crippen LogP contribution in [0, 0.1) is 5.82 Å². The summed E-state index contributed by atoms with van der Waals surface area (Å²) in [5.41, 5.74) is -0.0279. The lowest BCUT2D eigenvalue weighted by atomic mass is 9.83. The van der Waals surface area contributed by atoms with Gasteiger partial charge in [0.25, 0.3) is 0 Å². The van der Waals surface area contributed by atoms with Crippen LogP contribution in [-0.2, 0) is 0 Å². The van der Waals surface area contributed by atoms with Gasteiger partial charge in [0.05, 0.1) is 5.02 Å². The number of hydrogen-bond donors (Lipinski definition) is 1. The zero-order valence-corrected chi connectivity index (χ0v) is 10.1. The summed E-state index contributed by atoms with van der Waals surface area (Å²) in [6.45, 7) is 2.13. The van der Waals surface area contributed by atoms with E-state index in [1.54, 1.807) is 0 Å². The molecule has 0 radical (unpaired) electrons. The highest BCUT2D eigenvalue weighted by atomic mass is 35.5. The van der Waals surface area contributed by atoms with Crippen LogP contribution in [0.1, 0.15) is 39.0 Å². The summed E-state index contributed by atoms with van der Waals surface area (Å²) in [7, 11) is 0. The fraction of sp³-hybridized carbons (Fsp3) is 0.583. The van der Waals surface area contributed by atoms with E-state index in [0.717, 1.165) is 12.8 Å². The molecule has 0 atom stereocenters. The van der Waals surface area contributed by atoms with Crippen molar-refractivity contribution < 1.29 is 4.39 Å². The molecular weight excluding hydrogens is 227 g/mol. The van der Waals surface area contributed by atoms with Crippen molar-refractivity contribution in [2.24, 2.45) is 0 Å². The average molecular weight is 243 g/mol. The van der Waals surface area contributed by atoms with Crippen LogP contribution in [0.4, 0.5) is 10.2 Å². The van der Waals surface area contributed by atoms with Gasteiger partial charge in [-0.15, -0.1) is 0 Å². The molecule has 1 aromatic rings. The number of nitrogens with one attached hydrogen (secondary N) is 1. The molecule has 0 bridgehead atoms. The topological polar surface area (TPSA) is 24.9 Å². The van der Waals surface area contributed by atoms with Crippen LogP contribution in [0.5, 0.6) is 0 Å². The van der Waals surface area contributed by atoms with Crippen molar-refractivity contribution in [2.45, 2.75) is 44.6 Å². The molecule has 1 aliphatic carbocycles. The van der Waals surface area contributed by atoms with Crippen LogP contribution >= 0.6 is 11.6 Å². The number of aromatic nitrogens is 1. The molecule has 1 aliphatic rings. The van der Waals surface area contributed by atoms with Gasteiger partial charge in [-0.3, -0.25) is 0 Å². The van der Waals surface area contributed by atoms with Gasteiger partial charge in [-0.2, -0.15) is 0 Å². The molecule has 2 nitrogen and oxygen atoms in total. The van der Waals surface area contributed by atoms with Gasteiger partial charge in [0.1, 0.15) is 0 Å². The van der Waals surface area contributed by atoms with Crippen LogP contribution in [-0.4, -0.2) is 10.5 Å². The van der Waals surface area contributed by atoms with Gasteiger partial charge < -0.3 is 5.32 Å². The van der Waals surface area contributed by atoms with Crippen molar-refractivity contribution in [3.05, 3.63) is 23.1 Å². The number of pyridine rings is 1. The third-order valence-corrected chi connectivity index (χ3v) is 3.39. The molecule has 4 heteroatoms. The van der Waals surface area contributed by atoms with E-state index in [4.69, 9.17) is 11.6 Å². The van der Waals surface area contributed by atoms with E-state index in [-0.39, 0.29) is 11.4 Å². The first kappa shape index (κ1) is 11.6. The van der Waals surface area contributed by atoms with E-state index in [2.05, 4.69) is 17.2 Å². The highest BCUT2D eigenvalue weighted by Gasteiger charge is 2.27. The van der Waals surface area contributed by atoms with Crippen LogP contribution in [0.3, 0.4) is 0 Å². The molecule has 0 aromatic carbocycles. The molecule has 0 unspecified atom stereocenters. The molecule has 1 N–H and O–H groups in total. The summed E-state index contributed by atoms with van der Waals surface area (Å²) >= 11 is 5.66. The zero-order valence-electron chi connectivity index (χ0n) is 9.39. The molecule has 88 valence electrons. The third-order valence-electron chi connectivity index (χ3n) is 3.19. The summed E-state index contributed by atoms with van der Waals surface area (Å²) in [6, 6.07) is 1.29. The summed E-state index contributed by atoms with van der Waals surface area (Å²) < 4.78 is 13.6. The molecule has 1 saturated carbocycles. The Morgan fingerprint density at radius 3 is 2.69 bits per heavy atom. The van der Waals surface area contributed by atoms with Gasteiger partial charge in [-0.1, -0.05) is 30.9 Å². The Balaban J connectivity index is 2.13. The van der Waals surface area contributed by atoms with Crippen molar-refractivity contribution in [3.63, 3.8) is 0 Å². The third kappa shape index (κ3) is 2.64. The first-order valence-corrected chi connectivity index (χ1v) is 6.06. The van der Waals surface area contributed by atoms with Gasteiger partial charge in [0.15, 0.2) is 11.6 Å². The lowest BCUT2D eigenvalue weighted by molar-refractivity contribution is 0.347. The maximum Gasteiger partial charge on any atom is 0.166 e. The Morgan fingerprint density at radius 1 is 1.38 bits per heavy atom. The smallest absolute Gasteiger partial charge is 0.166 e. The Bertz CT molecular complexity index is 375. The number of rotatable bonds is 2. The monoisotopic (exact) mass is 242 g/mol. The Morgan fingerprint density at radius 2 is 2.06 bits per heavy atom. The van der Waals surface area contributed by atoms with Crippen LogP contribution < -0.4 is 5.32 Å². The minimum atomic E-state index is -0.376. The maximum absolute atomic E-state index is 13.6. The lowest BCUT2D eigenvalue weighted by Crippen LogP contribution is -2.37. The fourth-order valence-electron chi connectivity index (χ4n) is 2.25. The van der Waals surface area contributed by atoms with Gasteiger partial charge in [-0.25, -0.2) is 9.37 Å². The second-order valence-electron chi connectivity index (χ2n) is 4.73. The fourth-order valence-corrected chi connectivity index (χ4v) is 2.39. The van der Waals surface area contributed by atoms with Gasteiger partial charge in [-0.05, 0) is 25.8 Å². The summed E-state index contributed by atoms with van der Waals surface area (Å²) in [5, 5.41) is 3.54. The largest absolute Gasteiger partial charge is 0.362 e. The van der Waals surface area contributed by atoms with E-state index in [9.17, 15) is 4.39 Å². The predicted octanol–water partition coefficient (Wildman–Crippen LogP) is 4.01. The normalized spacial score (nSPS) is 19.4. The standard InChI is InChI=1S/C12H16ClFN2/c1-12(5-3-2-4-6-12)16-11-10(14)7-9(13)8-15-11/h7-8H,2-6H2,1H3,(H,15,16). The summed E-state index contributed by atoms with van der Waals surface area (Å²) in [6.07, 6.45) is 7.26. The predicted molar refractivity (Wildman–Crippen MR) is 64.3 cm³/mol. The minimum absolute atomic E-state index is 0.0279. The van der Waals surface area contributed by atoms with Gasteiger partial charge >= 0.3 is 0 Å². The summed E-state index contributed by atoms with van der Waals surface area (Å²) in [4.78, 5) is 4.00. The lowest BCUT2D eigenvalue weighted by Gasteiger charge is -2.35. The van der Waals surface area contributed by atoms with Crippen LogP contribution in [0.15, 0.2) is 12.3 Å². The second kappa shape index (κ2) is 4.58. The number of hydrogen-bond acceptors (Lipinski definition) is 2. The van der Waals surface area contributed by atoms with E-state index in [1.165, 1.54) is 31.5 Å². The van der Waals surface area contributed by atoms with E-state index in [0.29, 0.717) is 10.8 Å². The highest BCUT2D eigenvalue weighted by molar-refractivity contribution is 6.30. The van der Waals surface area contributed by atoms with Gasteiger partial charge in [0, 0.05) is 11.7 Å². The SMILES string of the molecule is CC1(Nc2ncc(Cl)cc2F)CCCCC1. The van der Waals surface area contributed by atoms with Crippen molar-refractivity contribution >= 4 is 17.4 Å². The number of halogens is 2. The zero-order chi connectivity index (χ0) is 11.6. The minimum Gasteiger partial charge on any atom is -0.362 e. The molecule has 1 heterocycles. The van der Waals surface area contributed by atoms with Crippen LogP contribution in [0.2, 0.25) is 5.02 Å².